The van der Waals surface area contributed by atoms with E-state index in [9.17, 15) is 9.90 Å². The SMILES string of the molecule is COc1cccc(-c2ncc(C3(C(=O)O)CC3)o2)c1. The van der Waals surface area contributed by atoms with Gasteiger partial charge < -0.3 is 14.3 Å². The Balaban J connectivity index is 1.95. The number of hydrogen-bond acceptors (Lipinski definition) is 4. The summed E-state index contributed by atoms with van der Waals surface area (Å²) in [6.07, 6.45) is 2.72. The Morgan fingerprint density at radius 2 is 2.26 bits per heavy atom. The van der Waals surface area contributed by atoms with Crippen LogP contribution in [0.15, 0.2) is 34.9 Å². The van der Waals surface area contributed by atoms with E-state index >= 15 is 0 Å². The van der Waals surface area contributed by atoms with E-state index in [0.717, 1.165) is 5.56 Å². The number of benzene rings is 1. The van der Waals surface area contributed by atoms with Gasteiger partial charge in [-0.1, -0.05) is 6.07 Å². The summed E-state index contributed by atoms with van der Waals surface area (Å²) in [5.41, 5.74) is -0.0869. The molecule has 1 aromatic heterocycles. The largest absolute Gasteiger partial charge is 0.497 e. The van der Waals surface area contributed by atoms with E-state index in [1.807, 2.05) is 18.2 Å². The van der Waals surface area contributed by atoms with Gasteiger partial charge in [-0.15, -0.1) is 0 Å². The van der Waals surface area contributed by atoms with Crippen molar-refractivity contribution in [3.63, 3.8) is 0 Å². The Kier molecular flexibility index (Phi) is 2.55. The quantitative estimate of drug-likeness (QED) is 0.913. The number of rotatable bonds is 4. The van der Waals surface area contributed by atoms with Crippen LogP contribution in [0.25, 0.3) is 11.5 Å². The van der Waals surface area contributed by atoms with Crippen LogP contribution >= 0.6 is 0 Å². The minimum Gasteiger partial charge on any atom is -0.497 e. The van der Waals surface area contributed by atoms with Crippen molar-refractivity contribution in [2.75, 3.05) is 7.11 Å². The van der Waals surface area contributed by atoms with E-state index in [-0.39, 0.29) is 0 Å². The maximum atomic E-state index is 11.2. The van der Waals surface area contributed by atoms with Gasteiger partial charge in [-0.2, -0.15) is 0 Å². The van der Waals surface area contributed by atoms with Crippen molar-refractivity contribution in [3.8, 4) is 17.2 Å². The van der Waals surface area contributed by atoms with Gasteiger partial charge in [-0.25, -0.2) is 4.98 Å². The minimum atomic E-state index is -0.857. The maximum absolute atomic E-state index is 11.2. The molecule has 0 bridgehead atoms. The van der Waals surface area contributed by atoms with E-state index < -0.39 is 11.4 Å². The molecule has 1 saturated carbocycles. The molecule has 19 heavy (non-hydrogen) atoms. The summed E-state index contributed by atoms with van der Waals surface area (Å²) >= 11 is 0. The zero-order chi connectivity index (χ0) is 13.5. The van der Waals surface area contributed by atoms with Gasteiger partial charge in [-0.3, -0.25) is 4.79 Å². The van der Waals surface area contributed by atoms with Gasteiger partial charge in [0.2, 0.25) is 5.89 Å². The molecule has 1 N–H and O–H groups in total. The summed E-state index contributed by atoms with van der Waals surface area (Å²) in [7, 11) is 1.59. The zero-order valence-electron chi connectivity index (χ0n) is 10.4. The fraction of sp³-hybridized carbons (Fsp3) is 0.286. The van der Waals surface area contributed by atoms with Crippen molar-refractivity contribution in [2.24, 2.45) is 0 Å². The Hall–Kier alpha value is -2.30. The standard InChI is InChI=1S/C14H13NO4/c1-18-10-4-2-3-9(7-10)12-15-8-11(19-12)14(5-6-14)13(16)17/h2-4,7-8H,5-6H2,1H3,(H,16,17). The molecule has 0 unspecified atom stereocenters. The molecule has 0 amide bonds. The van der Waals surface area contributed by atoms with E-state index in [1.165, 1.54) is 6.20 Å². The molecule has 0 aliphatic heterocycles. The van der Waals surface area contributed by atoms with Crippen molar-refractivity contribution in [1.82, 2.24) is 4.98 Å². The number of aromatic nitrogens is 1. The fourth-order valence-electron chi connectivity index (χ4n) is 2.08. The lowest BCUT2D eigenvalue weighted by molar-refractivity contribution is -0.140. The van der Waals surface area contributed by atoms with E-state index in [2.05, 4.69) is 4.98 Å². The molecule has 1 aliphatic rings. The lowest BCUT2D eigenvalue weighted by Gasteiger charge is -2.04. The van der Waals surface area contributed by atoms with Crippen LogP contribution in [0.3, 0.4) is 0 Å². The van der Waals surface area contributed by atoms with Crippen molar-refractivity contribution in [3.05, 3.63) is 36.2 Å². The highest BCUT2D eigenvalue weighted by atomic mass is 16.5. The Labute approximate surface area is 109 Å². The van der Waals surface area contributed by atoms with Gasteiger partial charge in [0.1, 0.15) is 16.9 Å². The molecule has 0 saturated heterocycles. The third-order valence-corrected chi connectivity index (χ3v) is 3.45. The first-order valence-corrected chi connectivity index (χ1v) is 6.00. The number of carboxylic acid groups (broad SMARTS) is 1. The molecule has 1 heterocycles. The second-order valence-corrected chi connectivity index (χ2v) is 4.65. The van der Waals surface area contributed by atoms with Gasteiger partial charge >= 0.3 is 5.97 Å². The fourth-order valence-corrected chi connectivity index (χ4v) is 2.08. The highest BCUT2D eigenvalue weighted by molar-refractivity contribution is 5.84. The number of methoxy groups -OCH3 is 1. The number of aliphatic carboxylic acids is 1. The molecule has 0 radical (unpaired) electrons. The smallest absolute Gasteiger partial charge is 0.317 e. The van der Waals surface area contributed by atoms with Crippen molar-refractivity contribution in [2.45, 2.75) is 18.3 Å². The number of hydrogen-bond donors (Lipinski definition) is 1. The molecule has 1 fully saturated rings. The Morgan fingerprint density at radius 3 is 2.89 bits per heavy atom. The van der Waals surface area contributed by atoms with Crippen molar-refractivity contribution >= 4 is 5.97 Å². The number of ether oxygens (including phenoxy) is 1. The maximum Gasteiger partial charge on any atom is 0.317 e. The first-order chi connectivity index (χ1) is 9.15. The third-order valence-electron chi connectivity index (χ3n) is 3.45. The monoisotopic (exact) mass is 259 g/mol. The van der Waals surface area contributed by atoms with Crippen LogP contribution in [0.1, 0.15) is 18.6 Å². The van der Waals surface area contributed by atoms with E-state index in [0.29, 0.717) is 30.2 Å². The third kappa shape index (κ3) is 1.87. The van der Waals surface area contributed by atoms with Crippen LogP contribution in [-0.4, -0.2) is 23.2 Å². The molecule has 98 valence electrons. The van der Waals surface area contributed by atoms with E-state index in [1.54, 1.807) is 13.2 Å². The average molecular weight is 259 g/mol. The number of oxazole rings is 1. The molecule has 1 aliphatic carbocycles. The number of nitrogens with zero attached hydrogens (tertiary/aromatic N) is 1. The molecular formula is C14H13NO4. The predicted octanol–water partition coefficient (Wildman–Crippen LogP) is 2.47. The average Bonchev–Trinajstić information content (AvgIpc) is 3.10. The normalized spacial score (nSPS) is 16.1. The van der Waals surface area contributed by atoms with Crippen LogP contribution in [0.2, 0.25) is 0 Å². The van der Waals surface area contributed by atoms with Gasteiger partial charge in [0, 0.05) is 5.56 Å². The highest BCUT2D eigenvalue weighted by Crippen LogP contribution is 2.49. The molecule has 2 aromatic rings. The molecule has 5 heteroatoms. The molecular weight excluding hydrogens is 246 g/mol. The van der Waals surface area contributed by atoms with Crippen LogP contribution in [0.4, 0.5) is 0 Å². The minimum absolute atomic E-state index is 0.418. The molecule has 1 aromatic carbocycles. The van der Waals surface area contributed by atoms with Crippen LogP contribution in [0.5, 0.6) is 5.75 Å². The van der Waals surface area contributed by atoms with Gasteiger partial charge in [0.05, 0.1) is 13.3 Å². The van der Waals surface area contributed by atoms with Crippen LogP contribution in [0, 0.1) is 0 Å². The second-order valence-electron chi connectivity index (χ2n) is 4.65. The second kappa shape index (κ2) is 4.12. The molecule has 0 atom stereocenters. The summed E-state index contributed by atoms with van der Waals surface area (Å²) in [5.74, 6) is 0.705. The zero-order valence-corrected chi connectivity index (χ0v) is 10.4. The lowest BCUT2D eigenvalue weighted by atomic mass is 10.1. The van der Waals surface area contributed by atoms with Crippen LogP contribution in [-0.2, 0) is 10.2 Å². The van der Waals surface area contributed by atoms with Crippen molar-refractivity contribution < 1.29 is 19.1 Å². The Morgan fingerprint density at radius 1 is 1.47 bits per heavy atom. The molecule has 0 spiro atoms. The summed E-state index contributed by atoms with van der Waals surface area (Å²) in [4.78, 5) is 15.4. The van der Waals surface area contributed by atoms with Gasteiger partial charge in [0.15, 0.2) is 0 Å². The van der Waals surface area contributed by atoms with Gasteiger partial charge in [-0.05, 0) is 31.0 Å². The van der Waals surface area contributed by atoms with E-state index in [4.69, 9.17) is 9.15 Å². The summed E-state index contributed by atoms with van der Waals surface area (Å²) in [6, 6.07) is 7.31. The first kappa shape index (κ1) is 11.8. The van der Waals surface area contributed by atoms with Crippen molar-refractivity contribution in [1.29, 1.82) is 0 Å². The predicted molar refractivity (Wildman–Crippen MR) is 67.0 cm³/mol. The number of carboxylic acids is 1. The topological polar surface area (TPSA) is 72.6 Å². The van der Waals surface area contributed by atoms with Gasteiger partial charge in [0.25, 0.3) is 0 Å². The lowest BCUT2D eigenvalue weighted by Crippen LogP contribution is -2.18. The first-order valence-electron chi connectivity index (χ1n) is 6.00. The summed E-state index contributed by atoms with van der Waals surface area (Å²) < 4.78 is 10.7. The Bertz CT molecular complexity index is 628. The summed E-state index contributed by atoms with van der Waals surface area (Å²) in [6.45, 7) is 0. The molecule has 3 rings (SSSR count). The van der Waals surface area contributed by atoms with Crippen LogP contribution < -0.4 is 4.74 Å². The molecule has 5 nitrogen and oxygen atoms in total. The summed E-state index contributed by atoms with van der Waals surface area (Å²) in [5, 5.41) is 9.21. The highest BCUT2D eigenvalue weighted by Gasteiger charge is 2.55. The number of carbonyl (C=O) groups is 1.